The average Bonchev–Trinajstić information content (AvgIpc) is 3.17. The minimum Gasteiger partial charge on any atom is -0.493 e. The number of rotatable bonds is 5. The molecule has 0 fully saturated rings. The van der Waals surface area contributed by atoms with E-state index >= 15 is 0 Å². The van der Waals surface area contributed by atoms with E-state index in [0.717, 1.165) is 11.3 Å². The van der Waals surface area contributed by atoms with Crippen molar-refractivity contribution in [3.8, 4) is 5.75 Å². The second-order valence-electron chi connectivity index (χ2n) is 5.99. The normalized spacial score (nSPS) is 13.7. The Labute approximate surface area is 144 Å². The lowest BCUT2D eigenvalue weighted by molar-refractivity contribution is -0.139. The van der Waals surface area contributed by atoms with Gasteiger partial charge < -0.3 is 19.7 Å². The number of benzene rings is 1. The molecule has 0 aliphatic carbocycles. The number of aromatic nitrogens is 1. The van der Waals surface area contributed by atoms with Crippen LogP contribution >= 0.6 is 0 Å². The zero-order valence-electron chi connectivity index (χ0n) is 13.9. The highest BCUT2D eigenvalue weighted by molar-refractivity contribution is 6.00. The molecule has 2 heterocycles. The third-order valence-corrected chi connectivity index (χ3v) is 4.21. The molecule has 7 nitrogen and oxygen atoms in total. The number of aliphatic carboxylic acids is 1. The minimum absolute atomic E-state index is 0.164. The van der Waals surface area contributed by atoms with Crippen molar-refractivity contribution in [2.75, 3.05) is 6.61 Å². The molecule has 25 heavy (non-hydrogen) atoms. The zero-order valence-corrected chi connectivity index (χ0v) is 13.9. The predicted molar refractivity (Wildman–Crippen MR) is 88.9 cm³/mol. The highest BCUT2D eigenvalue weighted by Crippen LogP contribution is 2.28. The molecule has 3 rings (SSSR count). The Morgan fingerprint density at radius 2 is 2.04 bits per heavy atom. The van der Waals surface area contributed by atoms with Crippen molar-refractivity contribution >= 4 is 17.7 Å². The van der Waals surface area contributed by atoms with Gasteiger partial charge in [-0.1, -0.05) is 6.07 Å². The molecular formula is C18H18N2O5. The SMILES string of the molecule is CC(=O)c1cc(C(=O)NC(C(=O)O)c2ccc3c(c2)CCO3)n(C)c1. The number of carbonyl (C=O) groups excluding carboxylic acids is 2. The Kier molecular flexibility index (Phi) is 4.31. The molecule has 0 bridgehead atoms. The van der Waals surface area contributed by atoms with E-state index in [1.54, 1.807) is 31.4 Å². The van der Waals surface area contributed by atoms with Gasteiger partial charge in [-0.2, -0.15) is 0 Å². The van der Waals surface area contributed by atoms with Gasteiger partial charge in [0.15, 0.2) is 11.8 Å². The number of hydrogen-bond acceptors (Lipinski definition) is 4. The van der Waals surface area contributed by atoms with Crippen LogP contribution in [0.5, 0.6) is 5.75 Å². The monoisotopic (exact) mass is 342 g/mol. The molecule has 0 saturated carbocycles. The van der Waals surface area contributed by atoms with E-state index in [0.29, 0.717) is 24.2 Å². The lowest BCUT2D eigenvalue weighted by Gasteiger charge is -2.16. The molecular weight excluding hydrogens is 324 g/mol. The van der Waals surface area contributed by atoms with Crippen LogP contribution in [0.3, 0.4) is 0 Å². The van der Waals surface area contributed by atoms with Crippen LogP contribution in [-0.2, 0) is 18.3 Å². The van der Waals surface area contributed by atoms with Gasteiger partial charge in [0.1, 0.15) is 11.4 Å². The number of nitrogens with zero attached hydrogens (tertiary/aromatic N) is 1. The van der Waals surface area contributed by atoms with Gasteiger partial charge in [0, 0.05) is 25.2 Å². The maximum Gasteiger partial charge on any atom is 0.330 e. The highest BCUT2D eigenvalue weighted by Gasteiger charge is 2.26. The molecule has 2 N–H and O–H groups in total. The number of carboxylic acids is 1. The lowest BCUT2D eigenvalue weighted by Crippen LogP contribution is -2.34. The van der Waals surface area contributed by atoms with Crippen molar-refractivity contribution < 1.29 is 24.2 Å². The van der Waals surface area contributed by atoms with Gasteiger partial charge in [0.2, 0.25) is 0 Å². The van der Waals surface area contributed by atoms with Gasteiger partial charge in [-0.25, -0.2) is 4.79 Å². The van der Waals surface area contributed by atoms with Crippen LogP contribution in [0.1, 0.15) is 44.9 Å². The van der Waals surface area contributed by atoms with Gasteiger partial charge in [-0.05, 0) is 36.2 Å². The molecule has 1 amide bonds. The molecule has 1 aromatic carbocycles. The number of hydrogen-bond donors (Lipinski definition) is 2. The van der Waals surface area contributed by atoms with Crippen molar-refractivity contribution in [3.05, 3.63) is 52.8 Å². The van der Waals surface area contributed by atoms with Crippen molar-refractivity contribution in [2.24, 2.45) is 7.05 Å². The van der Waals surface area contributed by atoms with Crippen LogP contribution in [0.15, 0.2) is 30.5 Å². The largest absolute Gasteiger partial charge is 0.493 e. The number of ether oxygens (including phenoxy) is 1. The van der Waals surface area contributed by atoms with Crippen molar-refractivity contribution in [3.63, 3.8) is 0 Å². The zero-order chi connectivity index (χ0) is 18.1. The minimum atomic E-state index is -1.19. The van der Waals surface area contributed by atoms with Gasteiger partial charge >= 0.3 is 5.97 Å². The van der Waals surface area contributed by atoms with E-state index < -0.39 is 17.9 Å². The van der Waals surface area contributed by atoms with Crippen molar-refractivity contribution in [1.82, 2.24) is 9.88 Å². The van der Waals surface area contributed by atoms with Crippen LogP contribution < -0.4 is 10.1 Å². The van der Waals surface area contributed by atoms with Crippen molar-refractivity contribution in [1.29, 1.82) is 0 Å². The molecule has 1 atom stereocenters. The Balaban J connectivity index is 1.86. The molecule has 130 valence electrons. The molecule has 0 saturated heterocycles. The van der Waals surface area contributed by atoms with E-state index in [2.05, 4.69) is 5.32 Å². The Hall–Kier alpha value is -3.09. The quantitative estimate of drug-likeness (QED) is 0.806. The summed E-state index contributed by atoms with van der Waals surface area (Å²) in [5.74, 6) is -1.14. The number of ketones is 1. The summed E-state index contributed by atoms with van der Waals surface area (Å²) in [4.78, 5) is 35.6. The first-order valence-corrected chi connectivity index (χ1v) is 7.83. The Morgan fingerprint density at radius 1 is 1.28 bits per heavy atom. The molecule has 0 spiro atoms. The van der Waals surface area contributed by atoms with Crippen LogP contribution in [0.2, 0.25) is 0 Å². The second kappa shape index (κ2) is 6.43. The van der Waals surface area contributed by atoms with Crippen LogP contribution in [0, 0.1) is 0 Å². The molecule has 1 aliphatic heterocycles. The number of Topliss-reactive ketones (excluding diaryl/α,β-unsaturated/α-hetero) is 1. The number of amides is 1. The van der Waals surface area contributed by atoms with Crippen LogP contribution in [0.4, 0.5) is 0 Å². The first kappa shape index (κ1) is 16.8. The Bertz CT molecular complexity index is 868. The fourth-order valence-corrected chi connectivity index (χ4v) is 2.86. The smallest absolute Gasteiger partial charge is 0.330 e. The summed E-state index contributed by atoms with van der Waals surface area (Å²) in [5, 5.41) is 12.0. The lowest BCUT2D eigenvalue weighted by atomic mass is 10.0. The molecule has 1 unspecified atom stereocenters. The molecule has 2 aromatic rings. The number of carboxylic acid groups (broad SMARTS) is 1. The van der Waals surface area contributed by atoms with Crippen LogP contribution in [0.25, 0.3) is 0 Å². The first-order valence-electron chi connectivity index (χ1n) is 7.83. The average molecular weight is 342 g/mol. The van der Waals surface area contributed by atoms with Gasteiger partial charge in [-0.3, -0.25) is 9.59 Å². The van der Waals surface area contributed by atoms with Crippen LogP contribution in [-0.4, -0.2) is 33.9 Å². The van der Waals surface area contributed by atoms with E-state index in [-0.39, 0.29) is 11.5 Å². The molecule has 1 aromatic heterocycles. The molecule has 1 aliphatic rings. The number of nitrogens with one attached hydrogen (secondary N) is 1. The Morgan fingerprint density at radius 3 is 2.68 bits per heavy atom. The summed E-state index contributed by atoms with van der Waals surface area (Å²) in [6.45, 7) is 1.98. The van der Waals surface area contributed by atoms with Gasteiger partial charge in [-0.15, -0.1) is 0 Å². The number of fused-ring (bicyclic) bond motifs is 1. The third kappa shape index (κ3) is 3.26. The fourth-order valence-electron chi connectivity index (χ4n) is 2.86. The van der Waals surface area contributed by atoms with Gasteiger partial charge in [0.25, 0.3) is 5.91 Å². The maximum absolute atomic E-state index is 12.5. The van der Waals surface area contributed by atoms with E-state index in [1.165, 1.54) is 17.6 Å². The summed E-state index contributed by atoms with van der Waals surface area (Å²) in [5.41, 5.74) is 2.02. The summed E-state index contributed by atoms with van der Waals surface area (Å²) in [6, 6.07) is 5.36. The summed E-state index contributed by atoms with van der Waals surface area (Å²) < 4.78 is 6.92. The standard InChI is InChI=1S/C18H18N2O5/c1-10(21)13-8-14(20(2)9-13)17(22)19-16(18(23)24)12-3-4-15-11(7-12)5-6-25-15/h3-4,7-9,16H,5-6H2,1-2H3,(H,19,22)(H,23,24). The predicted octanol–water partition coefficient (Wildman–Crippen LogP) is 1.72. The van der Waals surface area contributed by atoms with Gasteiger partial charge in [0.05, 0.1) is 6.61 Å². The summed E-state index contributed by atoms with van der Waals surface area (Å²) in [6.07, 6.45) is 2.25. The van der Waals surface area contributed by atoms with Crippen molar-refractivity contribution in [2.45, 2.75) is 19.4 Å². The second-order valence-corrected chi connectivity index (χ2v) is 5.99. The first-order chi connectivity index (χ1) is 11.9. The third-order valence-electron chi connectivity index (χ3n) is 4.21. The summed E-state index contributed by atoms with van der Waals surface area (Å²) in [7, 11) is 1.63. The fraction of sp³-hybridized carbons (Fsp3) is 0.278. The van der Waals surface area contributed by atoms with E-state index in [9.17, 15) is 19.5 Å². The molecule has 7 heteroatoms. The number of carbonyl (C=O) groups is 3. The van der Waals surface area contributed by atoms with E-state index in [4.69, 9.17) is 4.74 Å². The maximum atomic E-state index is 12.5. The topological polar surface area (TPSA) is 97.6 Å². The summed E-state index contributed by atoms with van der Waals surface area (Å²) >= 11 is 0. The number of aryl methyl sites for hydroxylation is 1. The molecule has 0 radical (unpaired) electrons. The highest BCUT2D eigenvalue weighted by atomic mass is 16.5. The van der Waals surface area contributed by atoms with E-state index in [1.807, 2.05) is 0 Å².